The lowest BCUT2D eigenvalue weighted by atomic mass is 9.78. The molecule has 1 heterocycles. The minimum Gasteiger partial charge on any atom is -0.352 e. The molecule has 3 rings (SSSR count). The Hall–Kier alpha value is -1.70. The van der Waals surface area contributed by atoms with Crippen LogP contribution in [0.2, 0.25) is 0 Å². The number of benzene rings is 1. The monoisotopic (exact) mass is 343 g/mol. The van der Waals surface area contributed by atoms with E-state index in [1.54, 1.807) is 6.07 Å². The fourth-order valence-electron chi connectivity index (χ4n) is 3.85. The van der Waals surface area contributed by atoms with Gasteiger partial charge >= 0.3 is 0 Å². The van der Waals surface area contributed by atoms with Crippen molar-refractivity contribution in [3.8, 4) is 6.07 Å². The van der Waals surface area contributed by atoms with Gasteiger partial charge in [0.25, 0.3) is 0 Å². The minimum atomic E-state index is -0.410. The first-order valence-corrected chi connectivity index (χ1v) is 9.30. The van der Waals surface area contributed by atoms with Crippen molar-refractivity contribution in [2.24, 2.45) is 11.8 Å². The third-order valence-corrected chi connectivity index (χ3v) is 5.33. The van der Waals surface area contributed by atoms with E-state index in [0.717, 1.165) is 50.9 Å². The van der Waals surface area contributed by atoms with Crippen LogP contribution in [0.3, 0.4) is 0 Å². The van der Waals surface area contributed by atoms with Gasteiger partial charge in [0.15, 0.2) is 6.29 Å². The average molecular weight is 343 g/mol. The van der Waals surface area contributed by atoms with Crippen LogP contribution in [0, 0.1) is 29.0 Å². The lowest BCUT2D eigenvalue weighted by molar-refractivity contribution is -0.222. The molecule has 1 aromatic carbocycles. The summed E-state index contributed by atoms with van der Waals surface area (Å²) >= 11 is 0. The number of allylic oxidation sites excluding steroid dienone is 1. The van der Waals surface area contributed by atoms with Crippen LogP contribution in [-0.2, 0) is 9.47 Å². The molecule has 1 aliphatic carbocycles. The van der Waals surface area contributed by atoms with Crippen LogP contribution >= 0.6 is 0 Å². The second-order valence-corrected chi connectivity index (χ2v) is 7.09. The normalized spacial score (nSPS) is 30.3. The van der Waals surface area contributed by atoms with Gasteiger partial charge in [-0.15, -0.1) is 0 Å². The molecule has 0 bridgehead atoms. The predicted octanol–water partition coefficient (Wildman–Crippen LogP) is 4.93. The Morgan fingerprint density at radius 1 is 1.20 bits per heavy atom. The molecule has 3 nitrogen and oxygen atoms in total. The molecule has 2 aliphatic rings. The van der Waals surface area contributed by atoms with E-state index < -0.39 is 5.82 Å². The summed E-state index contributed by atoms with van der Waals surface area (Å²) in [6.45, 7) is 3.60. The predicted molar refractivity (Wildman–Crippen MR) is 94.4 cm³/mol. The highest BCUT2D eigenvalue weighted by Crippen LogP contribution is 2.39. The maximum absolute atomic E-state index is 13.8. The topological polar surface area (TPSA) is 42.2 Å². The van der Waals surface area contributed by atoms with Crippen LogP contribution in [0.4, 0.5) is 4.39 Å². The maximum Gasteiger partial charge on any atom is 0.160 e. The number of hydrogen-bond donors (Lipinski definition) is 0. The number of halogens is 1. The van der Waals surface area contributed by atoms with Gasteiger partial charge in [0, 0.05) is 11.8 Å². The van der Waals surface area contributed by atoms with Crippen molar-refractivity contribution >= 4 is 0 Å². The van der Waals surface area contributed by atoms with Gasteiger partial charge in [-0.25, -0.2) is 4.39 Å². The summed E-state index contributed by atoms with van der Waals surface area (Å²) in [5, 5.41) is 8.84. The van der Waals surface area contributed by atoms with Crippen LogP contribution in [0.15, 0.2) is 30.4 Å². The minimum absolute atomic E-state index is 0.0927. The largest absolute Gasteiger partial charge is 0.352 e. The molecule has 0 spiro atoms. The molecule has 134 valence electrons. The number of hydrogen-bond acceptors (Lipinski definition) is 3. The molecular formula is C21H26FNO2. The van der Waals surface area contributed by atoms with Crippen molar-refractivity contribution in [3.63, 3.8) is 0 Å². The molecule has 1 saturated carbocycles. The molecule has 0 aromatic heterocycles. The molecule has 1 saturated heterocycles. The zero-order valence-corrected chi connectivity index (χ0v) is 14.8. The molecule has 0 unspecified atom stereocenters. The zero-order valence-electron chi connectivity index (χ0n) is 14.8. The third kappa shape index (κ3) is 4.48. The van der Waals surface area contributed by atoms with Gasteiger partial charge in [0.2, 0.25) is 0 Å². The van der Waals surface area contributed by atoms with Crippen LogP contribution in [0.25, 0.3) is 0 Å². The fourth-order valence-corrected chi connectivity index (χ4v) is 3.85. The van der Waals surface area contributed by atoms with E-state index in [0.29, 0.717) is 17.8 Å². The smallest absolute Gasteiger partial charge is 0.160 e. The fraction of sp³-hybridized carbons (Fsp3) is 0.571. The Morgan fingerprint density at radius 2 is 1.92 bits per heavy atom. The van der Waals surface area contributed by atoms with Gasteiger partial charge in [0.1, 0.15) is 11.9 Å². The van der Waals surface area contributed by atoms with Crippen molar-refractivity contribution in [1.29, 1.82) is 5.26 Å². The molecule has 1 aromatic rings. The lowest BCUT2D eigenvalue weighted by Gasteiger charge is -2.37. The van der Waals surface area contributed by atoms with E-state index in [1.807, 2.05) is 12.1 Å². The molecule has 1 aliphatic heterocycles. The van der Waals surface area contributed by atoms with Crippen LogP contribution < -0.4 is 0 Å². The molecule has 0 radical (unpaired) electrons. The first kappa shape index (κ1) is 18.1. The molecule has 4 heteroatoms. The first-order valence-electron chi connectivity index (χ1n) is 9.30. The van der Waals surface area contributed by atoms with Crippen LogP contribution in [-0.4, -0.2) is 19.5 Å². The summed E-state index contributed by atoms with van der Waals surface area (Å²) in [5.74, 6) is 0.749. The Bertz CT molecular complexity index is 636. The van der Waals surface area contributed by atoms with Gasteiger partial charge in [0.05, 0.1) is 18.8 Å². The van der Waals surface area contributed by atoms with Crippen molar-refractivity contribution in [2.45, 2.75) is 51.2 Å². The molecule has 0 atom stereocenters. The Balaban J connectivity index is 1.50. The Labute approximate surface area is 149 Å². The van der Waals surface area contributed by atoms with Gasteiger partial charge in [-0.2, -0.15) is 5.26 Å². The van der Waals surface area contributed by atoms with Gasteiger partial charge < -0.3 is 9.47 Å². The number of ether oxygens (including phenoxy) is 2. The van der Waals surface area contributed by atoms with Gasteiger partial charge in [-0.1, -0.05) is 25.1 Å². The molecular weight excluding hydrogens is 317 g/mol. The lowest BCUT2D eigenvalue weighted by Crippen LogP contribution is -2.37. The number of nitriles is 1. The molecule has 2 fully saturated rings. The van der Waals surface area contributed by atoms with E-state index in [2.05, 4.69) is 19.1 Å². The summed E-state index contributed by atoms with van der Waals surface area (Å²) in [5.41, 5.74) is 1.12. The third-order valence-electron chi connectivity index (χ3n) is 5.33. The quantitative estimate of drug-likeness (QED) is 0.728. The summed E-state index contributed by atoms with van der Waals surface area (Å²) in [4.78, 5) is 0. The van der Waals surface area contributed by atoms with Crippen LogP contribution in [0.5, 0.6) is 0 Å². The second-order valence-electron chi connectivity index (χ2n) is 7.09. The van der Waals surface area contributed by atoms with E-state index in [4.69, 9.17) is 14.7 Å². The highest BCUT2D eigenvalue weighted by atomic mass is 19.1. The summed E-state index contributed by atoms with van der Waals surface area (Å²) < 4.78 is 25.7. The highest BCUT2D eigenvalue weighted by Gasteiger charge is 2.32. The van der Waals surface area contributed by atoms with Gasteiger partial charge in [-0.05, 0) is 55.7 Å². The Kier molecular flexibility index (Phi) is 6.23. The maximum atomic E-state index is 13.8. The molecule has 0 amide bonds. The zero-order chi connectivity index (χ0) is 17.6. The van der Waals surface area contributed by atoms with Crippen molar-refractivity contribution < 1.29 is 13.9 Å². The van der Waals surface area contributed by atoms with Crippen LogP contribution in [0.1, 0.15) is 56.1 Å². The Morgan fingerprint density at radius 3 is 2.52 bits per heavy atom. The van der Waals surface area contributed by atoms with E-state index in [1.165, 1.54) is 6.07 Å². The van der Waals surface area contributed by atoms with E-state index in [-0.39, 0.29) is 11.9 Å². The first-order chi connectivity index (χ1) is 12.2. The molecule has 25 heavy (non-hydrogen) atoms. The molecule has 0 N–H and O–H groups in total. The number of rotatable bonds is 4. The van der Waals surface area contributed by atoms with Crippen molar-refractivity contribution in [3.05, 3.63) is 47.3 Å². The standard InChI is InChI=1S/C21H26FNO2/c1-2-3-4-15-13-24-21(25-14-15)17-7-5-16(6-8-17)18-9-10-19(12-23)20(22)11-18/h3-4,9-11,15-17,21H,2,5-8,13-14H2,1H3/b4-3+/t15-,16?,17?,21-. The van der Waals surface area contributed by atoms with E-state index in [9.17, 15) is 4.39 Å². The summed E-state index contributed by atoms with van der Waals surface area (Å²) in [6.07, 6.45) is 9.40. The number of nitrogens with zero attached hydrogens (tertiary/aromatic N) is 1. The van der Waals surface area contributed by atoms with Crippen molar-refractivity contribution in [2.75, 3.05) is 13.2 Å². The van der Waals surface area contributed by atoms with Crippen molar-refractivity contribution in [1.82, 2.24) is 0 Å². The summed E-state index contributed by atoms with van der Waals surface area (Å²) in [7, 11) is 0. The highest BCUT2D eigenvalue weighted by molar-refractivity contribution is 5.34. The van der Waals surface area contributed by atoms with Gasteiger partial charge in [-0.3, -0.25) is 0 Å². The average Bonchev–Trinajstić information content (AvgIpc) is 2.67. The summed E-state index contributed by atoms with van der Waals surface area (Å²) in [6, 6.07) is 6.89. The van der Waals surface area contributed by atoms with E-state index >= 15 is 0 Å². The second kappa shape index (κ2) is 8.60. The SMILES string of the molecule is CC/C=C/[C@H]1CO[C@H](C2CCC(c3ccc(C#N)c(F)c3)CC2)OC1.